The highest BCUT2D eigenvalue weighted by Crippen LogP contribution is 2.35. The van der Waals surface area contributed by atoms with Gasteiger partial charge in [-0.25, -0.2) is 8.42 Å². The van der Waals surface area contributed by atoms with Crippen molar-refractivity contribution in [3.63, 3.8) is 0 Å². The summed E-state index contributed by atoms with van der Waals surface area (Å²) in [7, 11) is -2.04. The molecule has 1 aliphatic heterocycles. The minimum Gasteiger partial charge on any atom is -0.495 e. The summed E-state index contributed by atoms with van der Waals surface area (Å²) in [4.78, 5) is 3.18. The van der Waals surface area contributed by atoms with Crippen molar-refractivity contribution in [3.05, 3.63) is 47.2 Å². The zero-order valence-corrected chi connectivity index (χ0v) is 19.5. The molecule has 2 N–H and O–H groups in total. The quantitative estimate of drug-likeness (QED) is 0.564. The first-order valence-electron chi connectivity index (χ1n) is 9.70. The Morgan fingerprint density at radius 2 is 1.90 bits per heavy atom. The second kappa shape index (κ2) is 8.58. The molecule has 2 aromatic heterocycles. The normalized spacial score (nSPS) is 19.6. The molecular formula is C21H25N3O3S3. The highest BCUT2D eigenvalue weighted by atomic mass is 32.2. The first-order chi connectivity index (χ1) is 14.4. The maximum absolute atomic E-state index is 13.0. The van der Waals surface area contributed by atoms with Gasteiger partial charge in [0.05, 0.1) is 18.5 Å². The van der Waals surface area contributed by atoms with Crippen molar-refractivity contribution in [2.75, 3.05) is 29.8 Å². The average Bonchev–Trinajstić information content (AvgIpc) is 3.39. The van der Waals surface area contributed by atoms with Crippen LogP contribution in [0.5, 0.6) is 5.75 Å². The molecule has 1 aliphatic rings. The second-order valence-electron chi connectivity index (χ2n) is 7.50. The molecule has 0 radical (unpaired) electrons. The van der Waals surface area contributed by atoms with Crippen molar-refractivity contribution in [2.24, 2.45) is 0 Å². The lowest BCUT2D eigenvalue weighted by atomic mass is 10.1. The molecule has 6 nitrogen and oxygen atoms in total. The SMILES string of the molecule is COc1ccc(NS(=O)(=O)c2ccc(-c3ccsc3)s2)cc1N1C[C@@H](C)N[C@@H](C)C1. The van der Waals surface area contributed by atoms with E-state index in [0.29, 0.717) is 22.0 Å². The number of methoxy groups -OCH3 is 1. The van der Waals surface area contributed by atoms with Crippen LogP contribution in [-0.2, 0) is 10.0 Å². The lowest BCUT2D eigenvalue weighted by Gasteiger charge is -2.38. The fraction of sp³-hybridized carbons (Fsp3) is 0.333. The van der Waals surface area contributed by atoms with E-state index in [2.05, 4.69) is 28.8 Å². The van der Waals surface area contributed by atoms with Crippen molar-refractivity contribution >= 4 is 44.1 Å². The Bertz CT molecular complexity index is 1100. The predicted molar refractivity (Wildman–Crippen MR) is 126 cm³/mol. The van der Waals surface area contributed by atoms with Crippen LogP contribution in [0.25, 0.3) is 10.4 Å². The van der Waals surface area contributed by atoms with Crippen LogP contribution in [0.15, 0.2) is 51.4 Å². The van der Waals surface area contributed by atoms with Gasteiger partial charge in [0, 0.05) is 35.6 Å². The number of hydrogen-bond donors (Lipinski definition) is 2. The van der Waals surface area contributed by atoms with Gasteiger partial charge in [-0.3, -0.25) is 4.72 Å². The van der Waals surface area contributed by atoms with Gasteiger partial charge in [0.2, 0.25) is 0 Å². The number of hydrogen-bond acceptors (Lipinski definition) is 7. The van der Waals surface area contributed by atoms with E-state index < -0.39 is 10.0 Å². The number of nitrogens with zero attached hydrogens (tertiary/aromatic N) is 1. The maximum Gasteiger partial charge on any atom is 0.271 e. The Morgan fingerprint density at radius 3 is 2.57 bits per heavy atom. The molecule has 0 saturated carbocycles. The fourth-order valence-corrected chi connectivity index (χ4v) is 6.84. The third-order valence-electron chi connectivity index (χ3n) is 4.98. The van der Waals surface area contributed by atoms with E-state index in [-0.39, 0.29) is 0 Å². The summed E-state index contributed by atoms with van der Waals surface area (Å²) in [5.41, 5.74) is 2.46. The molecule has 3 heterocycles. The lowest BCUT2D eigenvalue weighted by Crippen LogP contribution is -2.54. The van der Waals surface area contributed by atoms with Gasteiger partial charge in [0.15, 0.2) is 0 Å². The van der Waals surface area contributed by atoms with Crippen LogP contribution in [0, 0.1) is 0 Å². The minimum atomic E-state index is -3.67. The number of sulfonamides is 1. The third kappa shape index (κ3) is 4.49. The van der Waals surface area contributed by atoms with Gasteiger partial charge in [-0.1, -0.05) is 0 Å². The van der Waals surface area contributed by atoms with Gasteiger partial charge in [-0.2, -0.15) is 11.3 Å². The number of benzene rings is 1. The molecule has 0 unspecified atom stereocenters. The van der Waals surface area contributed by atoms with Crippen molar-refractivity contribution in [3.8, 4) is 16.2 Å². The van der Waals surface area contributed by atoms with E-state index in [0.717, 1.165) is 35.0 Å². The standard InChI is InChI=1S/C21H25N3O3S3/c1-14-11-24(12-15(2)22-14)18-10-17(4-5-19(18)27-3)23-30(25,26)21-7-6-20(29-21)16-8-9-28-13-16/h4-10,13-15,22-23H,11-12H2,1-3H3/t14-,15+. The number of rotatable bonds is 6. The number of thiophene rings is 2. The van der Waals surface area contributed by atoms with Crippen LogP contribution in [0.4, 0.5) is 11.4 Å². The van der Waals surface area contributed by atoms with Crippen molar-refractivity contribution in [1.29, 1.82) is 0 Å². The molecule has 1 aromatic carbocycles. The molecule has 9 heteroatoms. The smallest absolute Gasteiger partial charge is 0.271 e. The van der Waals surface area contributed by atoms with Gasteiger partial charge in [0.25, 0.3) is 10.0 Å². The lowest BCUT2D eigenvalue weighted by molar-refractivity contribution is 0.391. The van der Waals surface area contributed by atoms with Crippen molar-refractivity contribution in [2.45, 2.75) is 30.1 Å². The summed E-state index contributed by atoms with van der Waals surface area (Å²) >= 11 is 2.86. The van der Waals surface area contributed by atoms with E-state index in [1.807, 2.05) is 35.0 Å². The summed E-state index contributed by atoms with van der Waals surface area (Å²) in [6.45, 7) is 5.94. The maximum atomic E-state index is 13.0. The molecule has 30 heavy (non-hydrogen) atoms. The van der Waals surface area contributed by atoms with Gasteiger partial charge in [-0.05, 0) is 61.0 Å². The summed E-state index contributed by atoms with van der Waals surface area (Å²) in [5.74, 6) is 0.732. The summed E-state index contributed by atoms with van der Waals surface area (Å²) in [5, 5.41) is 7.51. The van der Waals surface area contributed by atoms with E-state index in [1.54, 1.807) is 30.6 Å². The molecule has 0 bridgehead atoms. The molecular weight excluding hydrogens is 438 g/mol. The van der Waals surface area contributed by atoms with Crippen LogP contribution in [0.2, 0.25) is 0 Å². The molecule has 3 aromatic rings. The van der Waals surface area contributed by atoms with E-state index >= 15 is 0 Å². The topological polar surface area (TPSA) is 70.7 Å². The summed E-state index contributed by atoms with van der Waals surface area (Å²) in [6, 6.07) is 11.6. The molecule has 1 saturated heterocycles. The highest BCUT2D eigenvalue weighted by molar-refractivity contribution is 7.94. The Labute approximate surface area is 185 Å². The fourth-order valence-electron chi connectivity index (χ4n) is 3.75. The van der Waals surface area contributed by atoms with E-state index in [9.17, 15) is 8.42 Å². The van der Waals surface area contributed by atoms with Crippen molar-refractivity contribution < 1.29 is 13.2 Å². The Morgan fingerprint density at radius 1 is 1.13 bits per heavy atom. The van der Waals surface area contributed by atoms with E-state index in [1.165, 1.54) is 11.3 Å². The number of ether oxygens (including phenoxy) is 1. The molecule has 2 atom stereocenters. The second-order valence-corrected chi connectivity index (χ2v) is 11.3. The van der Waals surface area contributed by atoms with Gasteiger partial charge >= 0.3 is 0 Å². The largest absolute Gasteiger partial charge is 0.495 e. The van der Waals surface area contributed by atoms with Crippen LogP contribution >= 0.6 is 22.7 Å². The zero-order valence-electron chi connectivity index (χ0n) is 17.1. The van der Waals surface area contributed by atoms with Crippen LogP contribution < -0.4 is 19.7 Å². The first-order valence-corrected chi connectivity index (χ1v) is 12.9. The zero-order chi connectivity index (χ0) is 21.3. The molecule has 0 aliphatic carbocycles. The predicted octanol–water partition coefficient (Wildman–Crippen LogP) is 4.47. The molecule has 0 spiro atoms. The van der Waals surface area contributed by atoms with Gasteiger partial charge in [0.1, 0.15) is 9.96 Å². The van der Waals surface area contributed by atoms with Gasteiger partial charge < -0.3 is 15.0 Å². The Balaban J connectivity index is 1.60. The number of nitrogens with one attached hydrogen (secondary N) is 2. The van der Waals surface area contributed by atoms with Crippen LogP contribution in [0.1, 0.15) is 13.8 Å². The summed E-state index contributed by atoms with van der Waals surface area (Å²) in [6.07, 6.45) is 0. The van der Waals surface area contributed by atoms with Gasteiger partial charge in [-0.15, -0.1) is 11.3 Å². The molecule has 4 rings (SSSR count). The monoisotopic (exact) mass is 463 g/mol. The average molecular weight is 464 g/mol. The van der Waals surface area contributed by atoms with Crippen LogP contribution in [0.3, 0.4) is 0 Å². The first kappa shape index (κ1) is 21.2. The summed E-state index contributed by atoms with van der Waals surface area (Å²) < 4.78 is 34.5. The van der Waals surface area contributed by atoms with Crippen LogP contribution in [-0.4, -0.2) is 40.7 Å². The minimum absolute atomic E-state index is 0.297. The van der Waals surface area contributed by atoms with Crippen molar-refractivity contribution in [1.82, 2.24) is 5.32 Å². The number of piperazine rings is 1. The molecule has 0 amide bonds. The highest BCUT2D eigenvalue weighted by Gasteiger charge is 2.24. The third-order valence-corrected chi connectivity index (χ3v) is 8.67. The molecule has 160 valence electrons. The number of anilines is 2. The Kier molecular flexibility index (Phi) is 6.06. The Hall–Kier alpha value is -2.07. The van der Waals surface area contributed by atoms with E-state index in [4.69, 9.17) is 4.74 Å². The molecule has 1 fully saturated rings.